The molecule has 1 aromatic rings. The van der Waals surface area contributed by atoms with Gasteiger partial charge >= 0.3 is 0 Å². The van der Waals surface area contributed by atoms with Gasteiger partial charge in [-0.1, -0.05) is 37.3 Å². The van der Waals surface area contributed by atoms with Gasteiger partial charge in [-0.15, -0.1) is 0 Å². The van der Waals surface area contributed by atoms with Gasteiger partial charge in [-0.05, 0) is 43.1 Å². The van der Waals surface area contributed by atoms with Crippen molar-refractivity contribution in [2.75, 3.05) is 6.61 Å². The van der Waals surface area contributed by atoms with Crippen LogP contribution in [0, 0.1) is 0 Å². The number of aliphatic hydroxyl groups is 1. The topological polar surface area (TPSA) is 29.5 Å². The van der Waals surface area contributed by atoms with Crippen molar-refractivity contribution < 1.29 is 9.84 Å². The van der Waals surface area contributed by atoms with Crippen molar-refractivity contribution in [3.05, 3.63) is 53.8 Å². The van der Waals surface area contributed by atoms with Gasteiger partial charge in [-0.2, -0.15) is 0 Å². The van der Waals surface area contributed by atoms with Gasteiger partial charge in [0.05, 0.1) is 0 Å². The number of hydrogen-bond acceptors (Lipinski definition) is 2. The fourth-order valence-electron chi connectivity index (χ4n) is 2.21. The van der Waals surface area contributed by atoms with Gasteiger partial charge in [-0.25, -0.2) is 0 Å². The molecule has 1 aliphatic rings. The third-order valence-electron chi connectivity index (χ3n) is 3.34. The maximum Gasteiger partial charge on any atom is 0.127 e. The molecule has 0 amide bonds. The molecule has 96 valence electrons. The minimum Gasteiger partial charge on any atom is -0.483 e. The highest BCUT2D eigenvalue weighted by atomic mass is 16.5. The Hall–Kier alpha value is -1.54. The second-order valence-electron chi connectivity index (χ2n) is 4.64. The fraction of sp³-hybridized carbons (Fsp3) is 0.375. The highest BCUT2D eigenvalue weighted by Crippen LogP contribution is 2.33. The molecule has 0 saturated heterocycles. The van der Waals surface area contributed by atoms with E-state index in [9.17, 15) is 0 Å². The van der Waals surface area contributed by atoms with Crippen LogP contribution < -0.4 is 0 Å². The molecule has 0 radical (unpaired) electrons. The van der Waals surface area contributed by atoms with Crippen molar-refractivity contribution >= 4 is 6.08 Å². The van der Waals surface area contributed by atoms with E-state index in [0.717, 1.165) is 30.6 Å². The molecule has 18 heavy (non-hydrogen) atoms. The molecule has 0 fully saturated rings. The van der Waals surface area contributed by atoms with Crippen molar-refractivity contribution in [1.29, 1.82) is 0 Å². The van der Waals surface area contributed by atoms with E-state index >= 15 is 0 Å². The van der Waals surface area contributed by atoms with Crippen LogP contribution in [0.25, 0.3) is 6.08 Å². The summed E-state index contributed by atoms with van der Waals surface area (Å²) in [7, 11) is 0. The predicted molar refractivity (Wildman–Crippen MR) is 74.0 cm³/mol. The van der Waals surface area contributed by atoms with Crippen LogP contribution in [-0.4, -0.2) is 17.3 Å². The van der Waals surface area contributed by atoms with Gasteiger partial charge in [0.25, 0.3) is 0 Å². The van der Waals surface area contributed by atoms with Crippen molar-refractivity contribution in [3.8, 4) is 0 Å². The predicted octanol–water partition coefficient (Wildman–Crippen LogP) is 3.54. The number of allylic oxidation sites excluding steroid dienone is 1. The lowest BCUT2D eigenvalue weighted by molar-refractivity contribution is 0.0502. The fourth-order valence-corrected chi connectivity index (χ4v) is 2.21. The van der Waals surface area contributed by atoms with Crippen LogP contribution in [0.4, 0.5) is 0 Å². The summed E-state index contributed by atoms with van der Waals surface area (Å²) in [6, 6.07) is 10.2. The quantitative estimate of drug-likeness (QED) is 0.858. The maximum atomic E-state index is 8.94. The Balaban J connectivity index is 2.08. The number of ether oxygens (including phenoxy) is 1. The zero-order chi connectivity index (χ0) is 12.8. The van der Waals surface area contributed by atoms with Crippen LogP contribution >= 0.6 is 0 Å². The van der Waals surface area contributed by atoms with E-state index in [4.69, 9.17) is 9.84 Å². The van der Waals surface area contributed by atoms with E-state index in [1.165, 1.54) is 0 Å². The molecule has 2 rings (SSSR count). The first kappa shape index (κ1) is 12.9. The molecule has 0 aliphatic carbocycles. The summed E-state index contributed by atoms with van der Waals surface area (Å²) in [5, 5.41) is 8.94. The minimum absolute atomic E-state index is 0.219. The average molecular weight is 244 g/mol. The van der Waals surface area contributed by atoms with E-state index in [1.807, 2.05) is 30.4 Å². The third kappa shape index (κ3) is 3.02. The summed E-state index contributed by atoms with van der Waals surface area (Å²) in [4.78, 5) is 0. The Labute approximate surface area is 109 Å². The van der Waals surface area contributed by atoms with E-state index in [2.05, 4.69) is 25.1 Å². The summed E-state index contributed by atoms with van der Waals surface area (Å²) in [6.45, 7) is 2.34. The first-order valence-electron chi connectivity index (χ1n) is 6.54. The molecule has 2 nitrogen and oxygen atoms in total. The molecular formula is C16H20O2. The lowest BCUT2D eigenvalue weighted by atomic mass is 9.95. The van der Waals surface area contributed by atoms with Gasteiger partial charge in [0.1, 0.15) is 11.4 Å². The Bertz CT molecular complexity index is 434. The number of benzene rings is 1. The van der Waals surface area contributed by atoms with Crippen molar-refractivity contribution in [1.82, 2.24) is 0 Å². The largest absolute Gasteiger partial charge is 0.483 e. The van der Waals surface area contributed by atoms with Crippen LogP contribution in [0.2, 0.25) is 0 Å². The van der Waals surface area contributed by atoms with Crippen LogP contribution in [0.5, 0.6) is 0 Å². The first-order chi connectivity index (χ1) is 8.78. The molecule has 0 saturated carbocycles. The number of aliphatic hydroxyl groups excluding tert-OH is 1. The van der Waals surface area contributed by atoms with Crippen molar-refractivity contribution in [2.45, 2.75) is 31.8 Å². The van der Waals surface area contributed by atoms with E-state index in [0.29, 0.717) is 0 Å². The van der Waals surface area contributed by atoms with Crippen molar-refractivity contribution in [2.24, 2.45) is 0 Å². The second-order valence-corrected chi connectivity index (χ2v) is 4.64. The van der Waals surface area contributed by atoms with E-state index in [1.54, 1.807) is 0 Å². The van der Waals surface area contributed by atoms with Gasteiger partial charge in [0, 0.05) is 6.61 Å². The summed E-state index contributed by atoms with van der Waals surface area (Å²) in [6.07, 6.45) is 8.77. The molecule has 1 heterocycles. The average Bonchev–Trinajstić information content (AvgIpc) is 2.82. The standard InChI is InChI=1S/C16H20O2/c1-2-16(10-6-12-17)11-9-15(18-16)13-14-7-4-3-5-8-14/h3-5,7-9,11,13,17H,2,6,10,12H2,1H3/b15-13-. The Morgan fingerprint density at radius 3 is 2.72 bits per heavy atom. The molecule has 1 atom stereocenters. The van der Waals surface area contributed by atoms with Crippen LogP contribution in [0.15, 0.2) is 48.2 Å². The molecular weight excluding hydrogens is 224 g/mol. The van der Waals surface area contributed by atoms with Crippen LogP contribution in [0.1, 0.15) is 31.7 Å². The molecule has 0 bridgehead atoms. The molecule has 1 aliphatic heterocycles. The summed E-state index contributed by atoms with van der Waals surface area (Å²) in [5.74, 6) is 0.904. The Kier molecular flexibility index (Phi) is 4.21. The normalized spacial score (nSPS) is 24.4. The SMILES string of the molecule is CCC1(CCCO)C=C/C(=C/c2ccccc2)O1. The van der Waals surface area contributed by atoms with Crippen LogP contribution in [-0.2, 0) is 4.74 Å². The molecule has 1 N–H and O–H groups in total. The minimum atomic E-state index is -0.219. The molecule has 1 aromatic carbocycles. The zero-order valence-corrected chi connectivity index (χ0v) is 10.8. The van der Waals surface area contributed by atoms with Crippen molar-refractivity contribution in [3.63, 3.8) is 0 Å². The lowest BCUT2D eigenvalue weighted by Gasteiger charge is -2.26. The second kappa shape index (κ2) is 5.87. The molecule has 2 heteroatoms. The Morgan fingerprint density at radius 1 is 1.28 bits per heavy atom. The van der Waals surface area contributed by atoms with Gasteiger partial charge < -0.3 is 9.84 Å². The van der Waals surface area contributed by atoms with E-state index in [-0.39, 0.29) is 12.2 Å². The monoisotopic (exact) mass is 244 g/mol. The smallest absolute Gasteiger partial charge is 0.127 e. The number of rotatable bonds is 5. The highest BCUT2D eigenvalue weighted by Gasteiger charge is 2.31. The van der Waals surface area contributed by atoms with Gasteiger partial charge in [0.2, 0.25) is 0 Å². The summed E-state index contributed by atoms with van der Waals surface area (Å²) in [5.41, 5.74) is 0.926. The number of hydrogen-bond donors (Lipinski definition) is 1. The molecule has 0 aromatic heterocycles. The van der Waals surface area contributed by atoms with Crippen LogP contribution in [0.3, 0.4) is 0 Å². The lowest BCUT2D eigenvalue weighted by Crippen LogP contribution is -2.25. The van der Waals surface area contributed by atoms with Gasteiger partial charge in [0.15, 0.2) is 0 Å². The summed E-state index contributed by atoms with van der Waals surface area (Å²) < 4.78 is 6.04. The van der Waals surface area contributed by atoms with Gasteiger partial charge in [-0.3, -0.25) is 0 Å². The maximum absolute atomic E-state index is 8.94. The van der Waals surface area contributed by atoms with E-state index < -0.39 is 0 Å². The Morgan fingerprint density at radius 2 is 2.06 bits per heavy atom. The summed E-state index contributed by atoms with van der Waals surface area (Å²) >= 11 is 0. The first-order valence-corrected chi connectivity index (χ1v) is 6.54. The molecule has 0 spiro atoms. The third-order valence-corrected chi connectivity index (χ3v) is 3.34. The zero-order valence-electron chi connectivity index (χ0n) is 10.8. The molecule has 1 unspecified atom stereocenters. The highest BCUT2D eigenvalue weighted by molar-refractivity contribution is 5.55.